The SMILES string of the molecule is COc1ccc(C2Oc3c(Br)c(OC)cc(OC)c3C(=O)C2Br)c(OC)c1. The summed E-state index contributed by atoms with van der Waals surface area (Å²) in [6.45, 7) is 0. The van der Waals surface area contributed by atoms with Gasteiger partial charge in [-0.2, -0.15) is 0 Å². The molecule has 144 valence electrons. The van der Waals surface area contributed by atoms with Crippen LogP contribution in [0, 0.1) is 0 Å². The molecule has 0 bridgehead atoms. The second kappa shape index (κ2) is 7.98. The van der Waals surface area contributed by atoms with Crippen LogP contribution in [0.2, 0.25) is 0 Å². The van der Waals surface area contributed by atoms with E-state index in [0.29, 0.717) is 44.3 Å². The molecule has 2 atom stereocenters. The minimum atomic E-state index is -0.624. The number of hydrogen-bond acceptors (Lipinski definition) is 6. The lowest BCUT2D eigenvalue weighted by Crippen LogP contribution is -2.33. The topological polar surface area (TPSA) is 63.2 Å². The van der Waals surface area contributed by atoms with Crippen molar-refractivity contribution in [1.29, 1.82) is 0 Å². The highest BCUT2D eigenvalue weighted by molar-refractivity contribution is 9.10. The van der Waals surface area contributed by atoms with E-state index in [-0.39, 0.29) is 5.78 Å². The van der Waals surface area contributed by atoms with Crippen LogP contribution in [0.3, 0.4) is 0 Å². The zero-order chi connectivity index (χ0) is 19.7. The van der Waals surface area contributed by atoms with Crippen molar-refractivity contribution in [2.75, 3.05) is 28.4 Å². The van der Waals surface area contributed by atoms with Gasteiger partial charge < -0.3 is 23.7 Å². The third kappa shape index (κ3) is 3.36. The van der Waals surface area contributed by atoms with Crippen molar-refractivity contribution >= 4 is 37.6 Å². The van der Waals surface area contributed by atoms with Crippen LogP contribution >= 0.6 is 31.9 Å². The molecule has 0 saturated carbocycles. The zero-order valence-corrected chi connectivity index (χ0v) is 18.3. The predicted octanol–water partition coefficient (Wildman–Crippen LogP) is 4.56. The Labute approximate surface area is 174 Å². The Morgan fingerprint density at radius 3 is 2.19 bits per heavy atom. The second-order valence-electron chi connectivity index (χ2n) is 5.71. The van der Waals surface area contributed by atoms with Gasteiger partial charge in [-0.25, -0.2) is 0 Å². The molecule has 8 heteroatoms. The minimum absolute atomic E-state index is 0.153. The maximum Gasteiger partial charge on any atom is 0.188 e. The molecule has 0 saturated heterocycles. The van der Waals surface area contributed by atoms with Crippen LogP contribution in [0.4, 0.5) is 0 Å². The number of methoxy groups -OCH3 is 4. The molecule has 6 nitrogen and oxygen atoms in total. The average Bonchev–Trinajstić information content (AvgIpc) is 2.70. The number of benzene rings is 2. The molecule has 3 rings (SSSR count). The molecular weight excluding hydrogens is 484 g/mol. The highest BCUT2D eigenvalue weighted by Crippen LogP contribution is 2.50. The molecule has 0 amide bonds. The van der Waals surface area contributed by atoms with Crippen LogP contribution in [-0.4, -0.2) is 39.0 Å². The van der Waals surface area contributed by atoms with E-state index >= 15 is 0 Å². The van der Waals surface area contributed by atoms with Gasteiger partial charge in [0.05, 0.1) is 28.4 Å². The van der Waals surface area contributed by atoms with Crippen molar-refractivity contribution in [3.63, 3.8) is 0 Å². The first-order valence-corrected chi connectivity index (χ1v) is 9.69. The van der Waals surface area contributed by atoms with E-state index in [1.165, 1.54) is 14.2 Å². The molecule has 1 aliphatic heterocycles. The average molecular weight is 502 g/mol. The second-order valence-corrected chi connectivity index (χ2v) is 7.49. The zero-order valence-electron chi connectivity index (χ0n) is 15.2. The van der Waals surface area contributed by atoms with Gasteiger partial charge in [0.25, 0.3) is 0 Å². The quantitative estimate of drug-likeness (QED) is 0.559. The first-order valence-electron chi connectivity index (χ1n) is 7.98. The van der Waals surface area contributed by atoms with Gasteiger partial charge in [0.15, 0.2) is 11.5 Å². The fraction of sp³-hybridized carbons (Fsp3) is 0.316. The Kier molecular flexibility index (Phi) is 5.86. The molecule has 0 aliphatic carbocycles. The molecule has 2 unspecified atom stereocenters. The van der Waals surface area contributed by atoms with Gasteiger partial charge >= 0.3 is 0 Å². The van der Waals surface area contributed by atoms with E-state index in [2.05, 4.69) is 31.9 Å². The van der Waals surface area contributed by atoms with Crippen LogP contribution in [0.15, 0.2) is 28.7 Å². The van der Waals surface area contributed by atoms with Crippen molar-refractivity contribution in [2.45, 2.75) is 10.9 Å². The molecule has 1 aliphatic rings. The highest BCUT2D eigenvalue weighted by Gasteiger charge is 2.41. The molecular formula is C19H18Br2O6. The smallest absolute Gasteiger partial charge is 0.188 e. The van der Waals surface area contributed by atoms with Crippen LogP contribution in [0.5, 0.6) is 28.7 Å². The monoisotopic (exact) mass is 500 g/mol. The van der Waals surface area contributed by atoms with Crippen LogP contribution in [0.1, 0.15) is 22.0 Å². The summed E-state index contributed by atoms with van der Waals surface area (Å²) in [5.41, 5.74) is 1.07. The molecule has 0 fully saturated rings. The number of fused-ring (bicyclic) bond motifs is 1. The van der Waals surface area contributed by atoms with E-state index in [1.54, 1.807) is 32.4 Å². The van der Waals surface area contributed by atoms with Crippen molar-refractivity contribution < 1.29 is 28.5 Å². The summed E-state index contributed by atoms with van der Waals surface area (Å²) in [4.78, 5) is 12.5. The Morgan fingerprint density at radius 2 is 1.59 bits per heavy atom. The van der Waals surface area contributed by atoms with Gasteiger partial charge in [-0.05, 0) is 28.1 Å². The highest BCUT2D eigenvalue weighted by atomic mass is 79.9. The van der Waals surface area contributed by atoms with Gasteiger partial charge in [0, 0.05) is 17.7 Å². The number of carbonyl (C=O) groups excluding carboxylic acids is 1. The molecule has 27 heavy (non-hydrogen) atoms. The van der Waals surface area contributed by atoms with Crippen LogP contribution in [0.25, 0.3) is 0 Å². The number of Topliss-reactive ketones (excluding diaryl/α,β-unsaturated/α-hetero) is 1. The Hall–Kier alpha value is -1.93. The third-order valence-corrected chi connectivity index (χ3v) is 5.99. The molecule has 1 heterocycles. The summed E-state index contributed by atoms with van der Waals surface area (Å²) in [5.74, 6) is 2.32. The van der Waals surface area contributed by atoms with Gasteiger partial charge in [0.2, 0.25) is 0 Å². The maximum atomic E-state index is 13.1. The Morgan fingerprint density at radius 1 is 0.926 bits per heavy atom. The summed E-state index contributed by atoms with van der Waals surface area (Å²) in [6, 6.07) is 7.01. The van der Waals surface area contributed by atoms with E-state index in [4.69, 9.17) is 23.7 Å². The molecule has 0 N–H and O–H groups in total. The molecule has 0 aromatic heterocycles. The minimum Gasteiger partial charge on any atom is -0.497 e. The van der Waals surface area contributed by atoms with Gasteiger partial charge in [-0.15, -0.1) is 0 Å². The van der Waals surface area contributed by atoms with E-state index in [0.717, 1.165) is 0 Å². The summed E-state index contributed by atoms with van der Waals surface area (Å²) < 4.78 is 28.2. The van der Waals surface area contributed by atoms with E-state index in [9.17, 15) is 4.79 Å². The maximum absolute atomic E-state index is 13.1. The van der Waals surface area contributed by atoms with Crippen molar-refractivity contribution in [2.24, 2.45) is 0 Å². The summed E-state index contributed by atoms with van der Waals surface area (Å²) in [5, 5.41) is 0. The number of halogens is 2. The van der Waals surface area contributed by atoms with Crippen LogP contribution in [-0.2, 0) is 0 Å². The molecule has 0 radical (unpaired) electrons. The number of rotatable bonds is 5. The first-order chi connectivity index (χ1) is 13.0. The largest absolute Gasteiger partial charge is 0.497 e. The molecule has 0 spiro atoms. The lowest BCUT2D eigenvalue weighted by Gasteiger charge is -2.32. The van der Waals surface area contributed by atoms with Gasteiger partial charge in [0.1, 0.15) is 44.0 Å². The van der Waals surface area contributed by atoms with Crippen LogP contribution < -0.4 is 23.7 Å². The Bertz CT molecular complexity index is 883. The van der Waals surface area contributed by atoms with Crippen molar-refractivity contribution in [3.8, 4) is 28.7 Å². The summed E-state index contributed by atoms with van der Waals surface area (Å²) in [6.07, 6.45) is -0.612. The standard InChI is InChI=1S/C19H18Br2O6/c1-23-9-5-6-10(11(7-9)24-2)18-16(21)17(22)14-12(25-3)8-13(26-4)15(20)19(14)27-18/h5-8,16,18H,1-4H3. The fourth-order valence-corrected chi connectivity index (χ4v) is 4.17. The number of ketones is 1. The molecule has 2 aromatic carbocycles. The van der Waals surface area contributed by atoms with Crippen molar-refractivity contribution in [3.05, 3.63) is 39.9 Å². The summed E-state index contributed by atoms with van der Waals surface area (Å²) in [7, 11) is 6.17. The van der Waals surface area contributed by atoms with Gasteiger partial charge in [-0.1, -0.05) is 15.9 Å². The number of ether oxygens (including phenoxy) is 5. The summed E-state index contributed by atoms with van der Waals surface area (Å²) >= 11 is 6.96. The molecule has 2 aromatic rings. The number of carbonyl (C=O) groups is 1. The lowest BCUT2D eigenvalue weighted by atomic mass is 9.94. The number of hydrogen-bond donors (Lipinski definition) is 0. The lowest BCUT2D eigenvalue weighted by molar-refractivity contribution is 0.0862. The number of alkyl halides is 1. The van der Waals surface area contributed by atoms with Gasteiger partial charge in [-0.3, -0.25) is 4.79 Å². The first kappa shape index (κ1) is 19.8. The van der Waals surface area contributed by atoms with Crippen molar-refractivity contribution in [1.82, 2.24) is 0 Å². The fourth-order valence-electron chi connectivity index (χ4n) is 2.98. The Balaban J connectivity index is 2.16. The predicted molar refractivity (Wildman–Crippen MR) is 107 cm³/mol. The normalized spacial score (nSPS) is 18.4. The third-order valence-electron chi connectivity index (χ3n) is 4.35. The van der Waals surface area contributed by atoms with E-state index < -0.39 is 10.9 Å². The van der Waals surface area contributed by atoms with E-state index in [1.807, 2.05) is 6.07 Å².